The maximum absolute atomic E-state index is 12.7. The number of furan rings is 1. The van der Waals surface area contributed by atoms with Crippen molar-refractivity contribution >= 4 is 29.1 Å². The van der Waals surface area contributed by atoms with Crippen LogP contribution in [0.15, 0.2) is 70.7 Å². The van der Waals surface area contributed by atoms with Crippen LogP contribution in [0, 0.1) is 0 Å². The van der Waals surface area contributed by atoms with Gasteiger partial charge in [-0.05, 0) is 29.1 Å². The molecular formula is C21H21N3O4S. The van der Waals surface area contributed by atoms with E-state index in [0.29, 0.717) is 17.1 Å². The van der Waals surface area contributed by atoms with Crippen molar-refractivity contribution in [3.05, 3.63) is 82.4 Å². The second-order valence-corrected chi connectivity index (χ2v) is 7.21. The van der Waals surface area contributed by atoms with Crippen molar-refractivity contribution in [1.29, 1.82) is 0 Å². The number of carbonyl (C=O) groups excluding carboxylic acids is 3. The molecule has 7 nitrogen and oxygen atoms in total. The molecule has 1 atom stereocenters. The highest BCUT2D eigenvalue weighted by Gasteiger charge is 2.22. The van der Waals surface area contributed by atoms with Crippen LogP contribution in [0.2, 0.25) is 0 Å². The molecule has 0 saturated heterocycles. The summed E-state index contributed by atoms with van der Waals surface area (Å²) in [5.41, 5.74) is 0.904. The van der Waals surface area contributed by atoms with Gasteiger partial charge in [-0.2, -0.15) is 0 Å². The molecule has 3 N–H and O–H groups in total. The Morgan fingerprint density at radius 2 is 1.79 bits per heavy atom. The van der Waals surface area contributed by atoms with E-state index in [-0.39, 0.29) is 24.9 Å². The van der Waals surface area contributed by atoms with Crippen molar-refractivity contribution in [2.75, 3.05) is 6.54 Å². The molecule has 2 aromatic heterocycles. The van der Waals surface area contributed by atoms with Gasteiger partial charge in [0.25, 0.3) is 5.91 Å². The van der Waals surface area contributed by atoms with E-state index in [0.717, 1.165) is 5.56 Å². The lowest BCUT2D eigenvalue weighted by Gasteiger charge is -2.18. The van der Waals surface area contributed by atoms with E-state index in [4.69, 9.17) is 4.42 Å². The van der Waals surface area contributed by atoms with Crippen molar-refractivity contribution < 1.29 is 18.8 Å². The molecule has 0 aliphatic heterocycles. The third-order valence-corrected chi connectivity index (χ3v) is 4.98. The largest absolute Gasteiger partial charge is 0.467 e. The summed E-state index contributed by atoms with van der Waals surface area (Å²) in [5, 5.41) is 9.80. The minimum absolute atomic E-state index is 0.195. The van der Waals surface area contributed by atoms with Crippen LogP contribution >= 0.6 is 11.3 Å². The van der Waals surface area contributed by atoms with Crippen molar-refractivity contribution in [3.63, 3.8) is 0 Å². The quantitative estimate of drug-likeness (QED) is 0.502. The number of benzene rings is 1. The highest BCUT2D eigenvalue weighted by Crippen LogP contribution is 2.10. The van der Waals surface area contributed by atoms with E-state index < -0.39 is 11.9 Å². The summed E-state index contributed by atoms with van der Waals surface area (Å²) in [7, 11) is 0. The third-order valence-electron chi connectivity index (χ3n) is 4.11. The average molecular weight is 411 g/mol. The molecule has 29 heavy (non-hydrogen) atoms. The Balaban J connectivity index is 1.57. The molecule has 3 aromatic rings. The predicted octanol–water partition coefficient (Wildman–Crippen LogP) is 2.11. The SMILES string of the molecule is O=C(CNC(=O)[C@H](Cc1ccccc1)NC(=O)c1cccs1)NCc1ccco1. The lowest BCUT2D eigenvalue weighted by molar-refractivity contribution is -0.127. The zero-order valence-corrected chi connectivity index (χ0v) is 16.4. The summed E-state index contributed by atoms with van der Waals surface area (Å²) in [6, 6.07) is 15.5. The zero-order chi connectivity index (χ0) is 20.5. The van der Waals surface area contributed by atoms with Crippen LogP contribution in [0.25, 0.3) is 0 Å². The molecule has 0 spiro atoms. The van der Waals surface area contributed by atoms with Crippen LogP contribution in [0.3, 0.4) is 0 Å². The fourth-order valence-electron chi connectivity index (χ4n) is 2.65. The fraction of sp³-hybridized carbons (Fsp3) is 0.190. The van der Waals surface area contributed by atoms with Crippen molar-refractivity contribution in [1.82, 2.24) is 16.0 Å². The number of hydrogen-bond acceptors (Lipinski definition) is 5. The smallest absolute Gasteiger partial charge is 0.262 e. The molecule has 150 valence electrons. The van der Waals surface area contributed by atoms with Gasteiger partial charge in [0.05, 0.1) is 24.2 Å². The van der Waals surface area contributed by atoms with Crippen molar-refractivity contribution in [2.24, 2.45) is 0 Å². The molecule has 3 rings (SSSR count). The molecule has 0 fully saturated rings. The second kappa shape index (κ2) is 10.2. The molecule has 0 aliphatic carbocycles. The molecule has 0 aliphatic rings. The van der Waals surface area contributed by atoms with E-state index in [9.17, 15) is 14.4 Å². The van der Waals surface area contributed by atoms with Crippen LogP contribution < -0.4 is 16.0 Å². The highest BCUT2D eigenvalue weighted by molar-refractivity contribution is 7.12. The van der Waals surface area contributed by atoms with Gasteiger partial charge in [-0.15, -0.1) is 11.3 Å². The van der Waals surface area contributed by atoms with Crippen molar-refractivity contribution in [2.45, 2.75) is 19.0 Å². The molecule has 8 heteroatoms. The number of hydrogen-bond donors (Lipinski definition) is 3. The Hall–Kier alpha value is -3.39. The van der Waals surface area contributed by atoms with Gasteiger partial charge in [0.1, 0.15) is 11.8 Å². The fourth-order valence-corrected chi connectivity index (χ4v) is 3.28. The summed E-state index contributed by atoms with van der Waals surface area (Å²) in [5.74, 6) is -0.474. The first-order chi connectivity index (χ1) is 14.1. The summed E-state index contributed by atoms with van der Waals surface area (Å²) in [6.45, 7) is 0.0456. The van der Waals surface area contributed by atoms with Gasteiger partial charge in [0.2, 0.25) is 11.8 Å². The van der Waals surface area contributed by atoms with E-state index >= 15 is 0 Å². The number of nitrogens with one attached hydrogen (secondary N) is 3. The number of rotatable bonds is 9. The summed E-state index contributed by atoms with van der Waals surface area (Å²) >= 11 is 1.30. The van der Waals surface area contributed by atoms with Crippen LogP contribution in [0.4, 0.5) is 0 Å². The first kappa shape index (κ1) is 20.3. The van der Waals surface area contributed by atoms with E-state index in [1.54, 1.807) is 29.6 Å². The Bertz CT molecular complexity index is 924. The minimum atomic E-state index is -0.801. The Labute approximate surface area is 172 Å². The molecule has 1 aromatic carbocycles. The van der Waals surface area contributed by atoms with Gasteiger partial charge in [0.15, 0.2) is 0 Å². The predicted molar refractivity (Wildman–Crippen MR) is 109 cm³/mol. The van der Waals surface area contributed by atoms with Gasteiger partial charge in [-0.25, -0.2) is 0 Å². The maximum Gasteiger partial charge on any atom is 0.262 e. The number of amides is 3. The molecule has 2 heterocycles. The number of carbonyl (C=O) groups is 3. The van der Waals surface area contributed by atoms with E-state index in [2.05, 4.69) is 16.0 Å². The van der Waals surface area contributed by atoms with Crippen LogP contribution in [-0.4, -0.2) is 30.3 Å². The monoisotopic (exact) mass is 411 g/mol. The van der Waals surface area contributed by atoms with Gasteiger partial charge < -0.3 is 20.4 Å². The van der Waals surface area contributed by atoms with Gasteiger partial charge in [0, 0.05) is 6.42 Å². The summed E-state index contributed by atoms with van der Waals surface area (Å²) in [4.78, 5) is 37.6. The lowest BCUT2D eigenvalue weighted by Crippen LogP contribution is -2.49. The first-order valence-electron chi connectivity index (χ1n) is 9.07. The molecule has 0 unspecified atom stereocenters. The first-order valence-corrected chi connectivity index (χ1v) is 9.95. The van der Waals surface area contributed by atoms with Crippen LogP contribution in [0.1, 0.15) is 21.0 Å². The lowest BCUT2D eigenvalue weighted by atomic mass is 10.1. The van der Waals surface area contributed by atoms with Crippen molar-refractivity contribution in [3.8, 4) is 0 Å². The topological polar surface area (TPSA) is 100 Å². The molecule has 0 radical (unpaired) electrons. The molecule has 0 bridgehead atoms. The Kier molecular flexibility index (Phi) is 7.18. The van der Waals surface area contributed by atoms with Gasteiger partial charge in [-0.3, -0.25) is 14.4 Å². The zero-order valence-electron chi connectivity index (χ0n) is 15.6. The summed E-state index contributed by atoms with van der Waals surface area (Å²) < 4.78 is 5.14. The normalized spacial score (nSPS) is 11.4. The molecular weight excluding hydrogens is 390 g/mol. The van der Waals surface area contributed by atoms with E-state index in [1.165, 1.54) is 17.6 Å². The van der Waals surface area contributed by atoms with Crippen LogP contribution in [0.5, 0.6) is 0 Å². The standard InChI is InChI=1S/C21H21N3O4S/c25-19(22-13-16-8-4-10-28-16)14-23-20(26)17(12-15-6-2-1-3-7-15)24-21(27)18-9-5-11-29-18/h1-11,17H,12-14H2,(H,22,25)(H,23,26)(H,24,27)/t17-/m0/s1. The minimum Gasteiger partial charge on any atom is -0.467 e. The average Bonchev–Trinajstić information content (AvgIpc) is 3.45. The second-order valence-electron chi connectivity index (χ2n) is 6.27. The highest BCUT2D eigenvalue weighted by atomic mass is 32.1. The molecule has 0 saturated carbocycles. The van der Waals surface area contributed by atoms with Gasteiger partial charge in [-0.1, -0.05) is 36.4 Å². The number of thiophene rings is 1. The summed E-state index contributed by atoms with van der Waals surface area (Å²) in [6.07, 6.45) is 1.84. The van der Waals surface area contributed by atoms with Gasteiger partial charge >= 0.3 is 0 Å². The van der Waals surface area contributed by atoms with Crippen LogP contribution in [-0.2, 0) is 22.6 Å². The third kappa shape index (κ3) is 6.32. The molecule has 3 amide bonds. The Morgan fingerprint density at radius 3 is 2.48 bits per heavy atom. The Morgan fingerprint density at radius 1 is 0.966 bits per heavy atom. The maximum atomic E-state index is 12.7. The van der Waals surface area contributed by atoms with E-state index in [1.807, 2.05) is 30.3 Å².